The van der Waals surface area contributed by atoms with Crippen molar-refractivity contribution in [3.05, 3.63) is 44.6 Å². The van der Waals surface area contributed by atoms with E-state index in [1.165, 1.54) is 22.0 Å². The van der Waals surface area contributed by atoms with Crippen molar-refractivity contribution in [2.24, 2.45) is 11.8 Å². The lowest BCUT2D eigenvalue weighted by atomic mass is 9.80. The molecule has 0 nitrogen and oxygen atoms in total. The summed E-state index contributed by atoms with van der Waals surface area (Å²) in [5.41, 5.74) is 4.61. The Bertz CT molecular complexity index is 407. The highest BCUT2D eigenvalue weighted by Crippen LogP contribution is 2.37. The van der Waals surface area contributed by atoms with Gasteiger partial charge in [-0.2, -0.15) is 0 Å². The fraction of sp³-hybridized carbons (Fsp3) is 0.467. The van der Waals surface area contributed by atoms with Gasteiger partial charge in [-0.1, -0.05) is 43.7 Å². The molecule has 0 N–H and O–H groups in total. The van der Waals surface area contributed by atoms with Crippen LogP contribution in [0.2, 0.25) is 0 Å². The van der Waals surface area contributed by atoms with E-state index in [1.54, 1.807) is 11.1 Å². The molecule has 1 heteroatoms. The maximum Gasteiger partial charge on any atom is -0.00880 e. The van der Waals surface area contributed by atoms with Crippen LogP contribution >= 0.6 is 22.6 Å². The molecule has 0 fully saturated rings. The summed E-state index contributed by atoms with van der Waals surface area (Å²) >= 11 is 2.45. The number of hydrogen-bond donors (Lipinski definition) is 0. The van der Waals surface area contributed by atoms with Crippen molar-refractivity contribution in [3.63, 3.8) is 0 Å². The highest BCUT2D eigenvalue weighted by atomic mass is 127. The zero-order valence-electron chi connectivity index (χ0n) is 10.3. The van der Waals surface area contributed by atoms with E-state index in [4.69, 9.17) is 0 Å². The van der Waals surface area contributed by atoms with Gasteiger partial charge in [-0.3, -0.25) is 0 Å². The fourth-order valence-electron chi connectivity index (χ4n) is 2.41. The van der Waals surface area contributed by atoms with E-state index >= 15 is 0 Å². The highest BCUT2D eigenvalue weighted by Gasteiger charge is 2.20. The predicted octanol–water partition coefficient (Wildman–Crippen LogP) is 5.18. The molecule has 0 saturated heterocycles. The van der Waals surface area contributed by atoms with Crippen molar-refractivity contribution in [2.45, 2.75) is 33.6 Å². The summed E-state index contributed by atoms with van der Waals surface area (Å²) in [4.78, 5) is 0. The van der Waals surface area contributed by atoms with Crippen LogP contribution in [-0.4, -0.2) is 0 Å². The zero-order valence-corrected chi connectivity index (χ0v) is 12.4. The van der Waals surface area contributed by atoms with Crippen LogP contribution in [0, 0.1) is 11.8 Å². The van der Waals surface area contributed by atoms with Crippen molar-refractivity contribution >= 4 is 22.6 Å². The van der Waals surface area contributed by atoms with Crippen molar-refractivity contribution in [1.29, 1.82) is 0 Å². The lowest BCUT2D eigenvalue weighted by molar-refractivity contribution is 0.626. The second-order valence-corrected chi connectivity index (χ2v) is 6.43. The van der Waals surface area contributed by atoms with Gasteiger partial charge in [0.1, 0.15) is 0 Å². The Balaban J connectivity index is 2.27. The molecule has 0 saturated carbocycles. The van der Waals surface area contributed by atoms with Crippen LogP contribution in [0.5, 0.6) is 0 Å². The minimum absolute atomic E-state index is 0.683. The molecule has 0 aromatic rings. The molecular weight excluding hydrogens is 307 g/mol. The molecule has 0 aromatic heterocycles. The molecule has 2 rings (SSSR count). The fourth-order valence-corrected chi connectivity index (χ4v) is 3.25. The minimum atomic E-state index is 0.683. The summed E-state index contributed by atoms with van der Waals surface area (Å²) in [7, 11) is 0. The van der Waals surface area contributed by atoms with Gasteiger partial charge in [0.05, 0.1) is 0 Å². The molecule has 0 radical (unpaired) electrons. The summed E-state index contributed by atoms with van der Waals surface area (Å²) in [6.07, 6.45) is 11.6. The third-order valence-electron chi connectivity index (χ3n) is 3.70. The summed E-state index contributed by atoms with van der Waals surface area (Å²) in [5.74, 6) is 1.39. The number of halogens is 1. The normalized spacial score (nSPS) is 30.2. The Labute approximate surface area is 112 Å². The topological polar surface area (TPSA) is 0 Å². The average Bonchev–Trinajstić information content (AvgIpc) is 2.22. The summed E-state index contributed by atoms with van der Waals surface area (Å²) < 4.78 is 1.48. The largest absolute Gasteiger partial charge is 0.0702 e. The summed E-state index contributed by atoms with van der Waals surface area (Å²) in [6, 6.07) is 0. The minimum Gasteiger partial charge on any atom is -0.0702 e. The molecule has 86 valence electrons. The van der Waals surface area contributed by atoms with E-state index in [1.807, 2.05) is 0 Å². The summed E-state index contributed by atoms with van der Waals surface area (Å²) in [6.45, 7) is 6.90. The first-order valence-electron chi connectivity index (χ1n) is 6.02. The standard InChI is InChI=1S/C15H19I/c1-10-4-5-13(8-11(10)2)15-7-6-14(16)9-12(15)3/h4-7,11-12H,8-9H2,1-3H3. The van der Waals surface area contributed by atoms with Crippen molar-refractivity contribution in [1.82, 2.24) is 0 Å². The van der Waals surface area contributed by atoms with E-state index < -0.39 is 0 Å². The van der Waals surface area contributed by atoms with Crippen LogP contribution in [0.25, 0.3) is 0 Å². The Morgan fingerprint density at radius 3 is 2.38 bits per heavy atom. The highest BCUT2D eigenvalue weighted by molar-refractivity contribution is 14.1. The molecule has 0 bridgehead atoms. The maximum atomic E-state index is 2.45. The monoisotopic (exact) mass is 326 g/mol. The number of rotatable bonds is 1. The van der Waals surface area contributed by atoms with Crippen LogP contribution in [0.4, 0.5) is 0 Å². The first-order chi connectivity index (χ1) is 7.58. The molecule has 0 amide bonds. The van der Waals surface area contributed by atoms with E-state index in [0.29, 0.717) is 11.8 Å². The number of allylic oxidation sites excluding steroid dienone is 8. The third-order valence-corrected chi connectivity index (χ3v) is 4.50. The van der Waals surface area contributed by atoms with Gasteiger partial charge in [0.25, 0.3) is 0 Å². The molecule has 0 aromatic carbocycles. The van der Waals surface area contributed by atoms with Gasteiger partial charge in [0, 0.05) is 0 Å². The third kappa shape index (κ3) is 2.50. The molecule has 2 aliphatic rings. The second kappa shape index (κ2) is 4.91. The molecule has 0 spiro atoms. The Morgan fingerprint density at radius 1 is 1.00 bits per heavy atom. The Hall–Kier alpha value is -0.310. The van der Waals surface area contributed by atoms with E-state index in [0.717, 1.165) is 0 Å². The van der Waals surface area contributed by atoms with Crippen molar-refractivity contribution in [3.8, 4) is 0 Å². The Kier molecular flexibility index (Phi) is 3.73. The van der Waals surface area contributed by atoms with E-state index in [-0.39, 0.29) is 0 Å². The van der Waals surface area contributed by atoms with Crippen molar-refractivity contribution < 1.29 is 0 Å². The van der Waals surface area contributed by atoms with Crippen LogP contribution in [0.3, 0.4) is 0 Å². The van der Waals surface area contributed by atoms with Crippen LogP contribution < -0.4 is 0 Å². The molecule has 0 heterocycles. The molecule has 0 aliphatic heterocycles. The van der Waals surface area contributed by atoms with Gasteiger partial charge in [-0.25, -0.2) is 0 Å². The first kappa shape index (κ1) is 12.2. The molecule has 2 atom stereocenters. The van der Waals surface area contributed by atoms with Gasteiger partial charge < -0.3 is 0 Å². The van der Waals surface area contributed by atoms with Crippen LogP contribution in [-0.2, 0) is 0 Å². The van der Waals surface area contributed by atoms with E-state index in [2.05, 4.69) is 67.7 Å². The van der Waals surface area contributed by atoms with Crippen LogP contribution in [0.15, 0.2) is 44.6 Å². The van der Waals surface area contributed by atoms with Gasteiger partial charge in [-0.15, -0.1) is 0 Å². The SMILES string of the molecule is CC1=CC=C(C2=CC=C(I)CC2C)CC1C. The van der Waals surface area contributed by atoms with Gasteiger partial charge in [-0.05, 0) is 68.9 Å². The molecule has 16 heavy (non-hydrogen) atoms. The molecular formula is C15H19I. The van der Waals surface area contributed by atoms with Gasteiger partial charge in [0.2, 0.25) is 0 Å². The smallest absolute Gasteiger partial charge is 0.00880 e. The predicted molar refractivity (Wildman–Crippen MR) is 79.6 cm³/mol. The zero-order chi connectivity index (χ0) is 11.7. The average molecular weight is 326 g/mol. The Morgan fingerprint density at radius 2 is 1.75 bits per heavy atom. The van der Waals surface area contributed by atoms with E-state index in [9.17, 15) is 0 Å². The lowest BCUT2D eigenvalue weighted by Gasteiger charge is -2.26. The first-order valence-corrected chi connectivity index (χ1v) is 7.09. The van der Waals surface area contributed by atoms with Gasteiger partial charge >= 0.3 is 0 Å². The quantitative estimate of drug-likeness (QED) is 0.582. The number of hydrogen-bond acceptors (Lipinski definition) is 0. The van der Waals surface area contributed by atoms with Gasteiger partial charge in [0.15, 0.2) is 0 Å². The molecule has 2 unspecified atom stereocenters. The van der Waals surface area contributed by atoms with Crippen molar-refractivity contribution in [2.75, 3.05) is 0 Å². The second-order valence-electron chi connectivity index (χ2n) is 5.05. The lowest BCUT2D eigenvalue weighted by Crippen LogP contribution is -2.11. The molecule has 2 aliphatic carbocycles. The summed E-state index contributed by atoms with van der Waals surface area (Å²) in [5, 5.41) is 0. The van der Waals surface area contributed by atoms with Crippen LogP contribution in [0.1, 0.15) is 33.6 Å². The maximum absolute atomic E-state index is 2.45.